The van der Waals surface area contributed by atoms with E-state index in [4.69, 9.17) is 5.73 Å². The lowest BCUT2D eigenvalue weighted by Crippen LogP contribution is -2.54. The molecule has 0 radical (unpaired) electrons. The van der Waals surface area contributed by atoms with Gasteiger partial charge in [-0.25, -0.2) is 14.5 Å². The van der Waals surface area contributed by atoms with Gasteiger partial charge in [-0.3, -0.25) is 4.68 Å². The van der Waals surface area contributed by atoms with Crippen LogP contribution in [0.2, 0.25) is 0 Å². The number of halogens is 1. The van der Waals surface area contributed by atoms with Crippen LogP contribution in [0.25, 0.3) is 11.2 Å². The molecule has 32 heavy (non-hydrogen) atoms. The van der Waals surface area contributed by atoms with Crippen molar-refractivity contribution in [1.82, 2.24) is 35.5 Å². The quantitative estimate of drug-likeness (QED) is 0.440. The summed E-state index contributed by atoms with van der Waals surface area (Å²) in [5.74, 6) is 0.226. The normalized spacial score (nSPS) is 19.0. The monoisotopic (exact) mass is 435 g/mol. The molecule has 1 saturated heterocycles. The molecule has 0 spiro atoms. The van der Waals surface area contributed by atoms with E-state index in [0.29, 0.717) is 47.7 Å². The standard InChI is InChI=1S/C22H26FN9/c1-13-9-31(10-14(2)26-13)19-6-15(3-4-18(19)23)11-32-12-16(8-25-32)5-17-7-20(24)27-22-21(17)28-30-29-22/h3-4,6-8,12-14,26H,5,9-11H2,1-2H3,(H3,24,27,28,29,30)/t13-,14+. The van der Waals surface area contributed by atoms with E-state index in [-0.39, 0.29) is 5.82 Å². The molecule has 1 aliphatic rings. The first kappa shape index (κ1) is 20.4. The van der Waals surface area contributed by atoms with Crippen molar-refractivity contribution in [2.24, 2.45) is 0 Å². The number of H-pyrrole nitrogens is 1. The molecule has 4 heterocycles. The van der Waals surface area contributed by atoms with Crippen LogP contribution < -0.4 is 16.0 Å². The number of pyridine rings is 1. The molecular formula is C22H26FN9. The van der Waals surface area contributed by atoms with Gasteiger partial charge in [0.25, 0.3) is 0 Å². The number of nitrogens with two attached hydrogens (primary N) is 1. The van der Waals surface area contributed by atoms with Gasteiger partial charge in [0.2, 0.25) is 0 Å². The second-order valence-electron chi connectivity index (χ2n) is 8.60. The number of benzene rings is 1. The van der Waals surface area contributed by atoms with Gasteiger partial charge in [-0.1, -0.05) is 11.3 Å². The number of piperazine rings is 1. The van der Waals surface area contributed by atoms with Crippen LogP contribution in [0.4, 0.5) is 15.9 Å². The fourth-order valence-electron chi connectivity index (χ4n) is 4.47. The lowest BCUT2D eigenvalue weighted by molar-refractivity contribution is 0.404. The van der Waals surface area contributed by atoms with Crippen molar-refractivity contribution in [2.45, 2.75) is 38.9 Å². The summed E-state index contributed by atoms with van der Waals surface area (Å²) in [6.45, 7) is 6.37. The molecule has 0 amide bonds. The summed E-state index contributed by atoms with van der Waals surface area (Å²) < 4.78 is 16.5. The van der Waals surface area contributed by atoms with Crippen LogP contribution >= 0.6 is 0 Å². The van der Waals surface area contributed by atoms with Crippen LogP contribution in [0.15, 0.2) is 36.7 Å². The number of hydrogen-bond donors (Lipinski definition) is 3. The first-order valence-electron chi connectivity index (χ1n) is 10.7. The molecule has 0 saturated carbocycles. The highest BCUT2D eigenvalue weighted by molar-refractivity contribution is 5.76. The van der Waals surface area contributed by atoms with Crippen molar-refractivity contribution in [2.75, 3.05) is 23.7 Å². The Hall–Kier alpha value is -3.53. The molecule has 3 aromatic heterocycles. The molecule has 0 bridgehead atoms. The van der Waals surface area contributed by atoms with E-state index in [1.54, 1.807) is 6.07 Å². The van der Waals surface area contributed by atoms with Crippen molar-refractivity contribution in [3.8, 4) is 0 Å². The maximum atomic E-state index is 14.6. The number of rotatable bonds is 5. The van der Waals surface area contributed by atoms with E-state index in [0.717, 1.165) is 29.8 Å². The molecule has 0 unspecified atom stereocenters. The van der Waals surface area contributed by atoms with Gasteiger partial charge in [-0.15, -0.1) is 5.10 Å². The van der Waals surface area contributed by atoms with Crippen LogP contribution in [0, 0.1) is 5.82 Å². The Balaban J connectivity index is 1.34. The smallest absolute Gasteiger partial charge is 0.178 e. The molecule has 4 N–H and O–H groups in total. The van der Waals surface area contributed by atoms with Gasteiger partial charge in [0.1, 0.15) is 17.2 Å². The van der Waals surface area contributed by atoms with Gasteiger partial charge in [-0.05, 0) is 48.7 Å². The Morgan fingerprint density at radius 2 is 1.97 bits per heavy atom. The Labute approximate surface area is 184 Å². The minimum atomic E-state index is -0.192. The van der Waals surface area contributed by atoms with E-state index in [2.05, 4.69) is 49.6 Å². The predicted octanol–water partition coefficient (Wildman–Crippen LogP) is 2.10. The highest BCUT2D eigenvalue weighted by Crippen LogP contribution is 2.24. The molecule has 1 aromatic carbocycles. The number of aromatic amines is 1. The Bertz CT molecular complexity index is 1240. The minimum Gasteiger partial charge on any atom is -0.384 e. The van der Waals surface area contributed by atoms with Crippen molar-refractivity contribution in [3.05, 3.63) is 59.2 Å². The molecule has 4 aromatic rings. The Morgan fingerprint density at radius 1 is 1.16 bits per heavy atom. The van der Waals surface area contributed by atoms with Crippen LogP contribution in [-0.2, 0) is 13.0 Å². The Morgan fingerprint density at radius 3 is 2.78 bits per heavy atom. The number of fused-ring (bicyclic) bond motifs is 1. The average Bonchev–Trinajstić information content (AvgIpc) is 3.38. The van der Waals surface area contributed by atoms with Crippen molar-refractivity contribution < 1.29 is 4.39 Å². The first-order chi connectivity index (χ1) is 15.4. The number of anilines is 2. The van der Waals surface area contributed by atoms with Gasteiger partial charge >= 0.3 is 0 Å². The summed E-state index contributed by atoms with van der Waals surface area (Å²) in [6, 6.07) is 7.74. The largest absolute Gasteiger partial charge is 0.384 e. The van der Waals surface area contributed by atoms with Gasteiger partial charge in [0.05, 0.1) is 18.4 Å². The van der Waals surface area contributed by atoms with Gasteiger partial charge in [0.15, 0.2) is 5.65 Å². The topological polar surface area (TPSA) is 114 Å². The average molecular weight is 436 g/mol. The minimum absolute atomic E-state index is 0.192. The third-order valence-corrected chi connectivity index (χ3v) is 5.73. The van der Waals surface area contributed by atoms with Crippen LogP contribution in [0.1, 0.15) is 30.5 Å². The fourth-order valence-corrected chi connectivity index (χ4v) is 4.47. The van der Waals surface area contributed by atoms with E-state index in [1.807, 2.05) is 35.3 Å². The van der Waals surface area contributed by atoms with Crippen LogP contribution in [-0.4, -0.2) is 55.3 Å². The second kappa shape index (κ2) is 8.19. The molecule has 5 rings (SSSR count). The van der Waals surface area contributed by atoms with Crippen molar-refractivity contribution in [3.63, 3.8) is 0 Å². The molecule has 1 aliphatic heterocycles. The summed E-state index contributed by atoms with van der Waals surface area (Å²) in [7, 11) is 0. The molecule has 9 nitrogen and oxygen atoms in total. The predicted molar refractivity (Wildman–Crippen MR) is 121 cm³/mol. The molecule has 1 fully saturated rings. The lowest BCUT2D eigenvalue weighted by Gasteiger charge is -2.38. The third kappa shape index (κ3) is 4.13. The van der Waals surface area contributed by atoms with Crippen LogP contribution in [0.3, 0.4) is 0 Å². The first-order valence-corrected chi connectivity index (χ1v) is 10.7. The number of aromatic nitrogens is 6. The molecule has 2 atom stereocenters. The molecule has 166 valence electrons. The van der Waals surface area contributed by atoms with Gasteiger partial charge in [0, 0.05) is 37.8 Å². The van der Waals surface area contributed by atoms with E-state index in [9.17, 15) is 4.39 Å². The van der Waals surface area contributed by atoms with Crippen molar-refractivity contribution >= 4 is 22.7 Å². The summed E-state index contributed by atoms with van der Waals surface area (Å²) in [4.78, 5) is 6.32. The highest BCUT2D eigenvalue weighted by atomic mass is 19.1. The zero-order valence-electron chi connectivity index (χ0n) is 18.1. The third-order valence-electron chi connectivity index (χ3n) is 5.73. The molecule has 0 aliphatic carbocycles. The van der Waals surface area contributed by atoms with Crippen LogP contribution in [0.5, 0.6) is 0 Å². The van der Waals surface area contributed by atoms with E-state index in [1.165, 1.54) is 0 Å². The second-order valence-corrected chi connectivity index (χ2v) is 8.60. The molecular weight excluding hydrogens is 409 g/mol. The van der Waals surface area contributed by atoms with Gasteiger partial charge in [-0.2, -0.15) is 5.10 Å². The van der Waals surface area contributed by atoms with E-state index < -0.39 is 0 Å². The maximum Gasteiger partial charge on any atom is 0.178 e. The maximum absolute atomic E-state index is 14.6. The summed E-state index contributed by atoms with van der Waals surface area (Å²) in [6.07, 6.45) is 4.42. The number of nitrogens with zero attached hydrogens (tertiary/aromatic N) is 6. The van der Waals surface area contributed by atoms with E-state index >= 15 is 0 Å². The molecule has 10 heteroatoms. The zero-order valence-corrected chi connectivity index (χ0v) is 18.1. The number of hydrogen-bond acceptors (Lipinski definition) is 7. The van der Waals surface area contributed by atoms with Gasteiger partial charge < -0.3 is 16.0 Å². The highest BCUT2D eigenvalue weighted by Gasteiger charge is 2.23. The van der Waals surface area contributed by atoms with Crippen molar-refractivity contribution in [1.29, 1.82) is 0 Å². The number of nitrogen functional groups attached to an aromatic ring is 1. The zero-order chi connectivity index (χ0) is 22.2. The SMILES string of the molecule is C[C@@H]1CN(c2cc(Cn3cc(Cc4cc(N)nc5[nH]nnc45)cn3)ccc2F)C[C@H](C)N1. The summed E-state index contributed by atoms with van der Waals surface area (Å²) >= 11 is 0. The summed E-state index contributed by atoms with van der Waals surface area (Å²) in [5, 5.41) is 18.7. The fraction of sp³-hybridized carbons (Fsp3) is 0.364. The lowest BCUT2D eigenvalue weighted by atomic mass is 10.1. The Kier molecular flexibility index (Phi) is 5.22. The number of nitrogens with one attached hydrogen (secondary N) is 2. The summed E-state index contributed by atoms with van der Waals surface area (Å²) in [5.41, 5.74) is 10.8.